The number of Topliss-reactive ketones (excluding diaryl/α,β-unsaturated/α-hetero) is 1. The van der Waals surface area contributed by atoms with Crippen LogP contribution in [0.2, 0.25) is 0 Å². The fourth-order valence-corrected chi connectivity index (χ4v) is 4.72. The number of aromatic nitrogens is 2. The molecule has 34 heavy (non-hydrogen) atoms. The standard InChI is InChI=1S/C26H25N3O5/c1-16-12-19-13-18(6-7-21(19)34-16)24(31)22-23(17-4-2-5-20(30)14-17)29(26(33)25(22)32)10-3-9-28-11-8-27-15-28/h2,4-8,11,13-16,23,30-31H,3,9-10,12H2,1H3. The number of hydrogen-bond donors (Lipinski definition) is 2. The number of aromatic hydroxyl groups is 1. The van der Waals surface area contributed by atoms with E-state index in [2.05, 4.69) is 4.98 Å². The van der Waals surface area contributed by atoms with Crippen LogP contribution in [0.15, 0.2) is 66.8 Å². The number of carbonyl (C=O) groups is 2. The number of amides is 1. The molecule has 2 aliphatic heterocycles. The molecule has 1 aromatic heterocycles. The lowest BCUT2D eigenvalue weighted by Gasteiger charge is -2.25. The monoisotopic (exact) mass is 459 g/mol. The summed E-state index contributed by atoms with van der Waals surface area (Å²) < 4.78 is 7.64. The predicted molar refractivity (Wildman–Crippen MR) is 124 cm³/mol. The number of imidazole rings is 1. The van der Waals surface area contributed by atoms with Crippen LogP contribution in [0.25, 0.3) is 5.76 Å². The number of ether oxygens (including phenoxy) is 1. The zero-order valence-electron chi connectivity index (χ0n) is 18.7. The van der Waals surface area contributed by atoms with Gasteiger partial charge in [0.1, 0.15) is 23.4 Å². The van der Waals surface area contributed by atoms with Crippen molar-refractivity contribution in [3.63, 3.8) is 0 Å². The van der Waals surface area contributed by atoms with E-state index in [1.54, 1.807) is 42.9 Å². The van der Waals surface area contributed by atoms with Gasteiger partial charge >= 0.3 is 0 Å². The Morgan fingerprint density at radius 1 is 1.18 bits per heavy atom. The van der Waals surface area contributed by atoms with Gasteiger partial charge in [-0.1, -0.05) is 12.1 Å². The highest BCUT2D eigenvalue weighted by molar-refractivity contribution is 6.46. The van der Waals surface area contributed by atoms with E-state index in [1.807, 2.05) is 17.7 Å². The lowest BCUT2D eigenvalue weighted by Crippen LogP contribution is -2.31. The minimum Gasteiger partial charge on any atom is -0.508 e. The van der Waals surface area contributed by atoms with E-state index in [0.29, 0.717) is 37.1 Å². The summed E-state index contributed by atoms with van der Waals surface area (Å²) in [4.78, 5) is 31.7. The van der Waals surface area contributed by atoms with Crippen molar-refractivity contribution in [2.24, 2.45) is 0 Å². The summed E-state index contributed by atoms with van der Waals surface area (Å²) in [6.07, 6.45) is 6.54. The van der Waals surface area contributed by atoms with Gasteiger partial charge in [-0.05, 0) is 54.8 Å². The van der Waals surface area contributed by atoms with E-state index >= 15 is 0 Å². The highest BCUT2D eigenvalue weighted by atomic mass is 16.5. The Morgan fingerprint density at radius 2 is 2.03 bits per heavy atom. The second-order valence-corrected chi connectivity index (χ2v) is 8.70. The number of phenols is 1. The molecule has 2 unspecified atom stereocenters. The number of rotatable bonds is 6. The Labute approximate surface area is 196 Å². The molecule has 8 nitrogen and oxygen atoms in total. The summed E-state index contributed by atoms with van der Waals surface area (Å²) in [6, 6.07) is 10.9. The minimum absolute atomic E-state index is 0.0187. The highest BCUT2D eigenvalue weighted by Gasteiger charge is 2.46. The Hall–Kier alpha value is -4.07. The molecule has 2 aromatic carbocycles. The van der Waals surface area contributed by atoms with Crippen molar-refractivity contribution in [1.82, 2.24) is 14.5 Å². The van der Waals surface area contributed by atoms with Crippen LogP contribution in [0.4, 0.5) is 0 Å². The number of aliphatic hydroxyl groups excluding tert-OH is 1. The number of aryl methyl sites for hydroxylation is 1. The first kappa shape index (κ1) is 21.8. The molecule has 2 aliphatic rings. The highest BCUT2D eigenvalue weighted by Crippen LogP contribution is 2.41. The van der Waals surface area contributed by atoms with Gasteiger partial charge in [0, 0.05) is 37.5 Å². The average molecular weight is 460 g/mol. The summed E-state index contributed by atoms with van der Waals surface area (Å²) >= 11 is 0. The summed E-state index contributed by atoms with van der Waals surface area (Å²) in [5.41, 5.74) is 1.98. The molecule has 1 fully saturated rings. The van der Waals surface area contributed by atoms with Crippen molar-refractivity contribution < 1.29 is 24.5 Å². The molecule has 3 heterocycles. The lowest BCUT2D eigenvalue weighted by atomic mass is 9.94. The molecule has 2 atom stereocenters. The third kappa shape index (κ3) is 3.91. The smallest absolute Gasteiger partial charge is 0.295 e. The van der Waals surface area contributed by atoms with E-state index in [9.17, 15) is 19.8 Å². The molecule has 0 bridgehead atoms. The molecule has 0 radical (unpaired) electrons. The van der Waals surface area contributed by atoms with E-state index in [0.717, 1.165) is 11.3 Å². The van der Waals surface area contributed by atoms with Crippen molar-refractivity contribution in [3.8, 4) is 11.5 Å². The van der Waals surface area contributed by atoms with Crippen LogP contribution in [0.1, 0.15) is 36.1 Å². The van der Waals surface area contributed by atoms with Crippen LogP contribution in [-0.4, -0.2) is 49.0 Å². The summed E-state index contributed by atoms with van der Waals surface area (Å²) in [5.74, 6) is -0.859. The minimum atomic E-state index is -0.807. The average Bonchev–Trinajstić information content (AvgIpc) is 3.52. The van der Waals surface area contributed by atoms with Gasteiger partial charge in [-0.25, -0.2) is 4.98 Å². The summed E-state index contributed by atoms with van der Waals surface area (Å²) in [6.45, 7) is 2.89. The first-order valence-corrected chi connectivity index (χ1v) is 11.3. The zero-order valence-corrected chi connectivity index (χ0v) is 18.7. The number of carbonyl (C=O) groups excluding carboxylic acids is 2. The number of phenolic OH excluding ortho intramolecular Hbond substituents is 1. The molecule has 0 aliphatic carbocycles. The number of benzene rings is 2. The third-order valence-electron chi connectivity index (χ3n) is 6.27. The summed E-state index contributed by atoms with van der Waals surface area (Å²) in [5, 5.41) is 21.3. The first-order chi connectivity index (χ1) is 16.4. The van der Waals surface area contributed by atoms with Gasteiger partial charge < -0.3 is 24.4 Å². The van der Waals surface area contributed by atoms with Crippen molar-refractivity contribution in [1.29, 1.82) is 0 Å². The molecule has 2 N–H and O–H groups in total. The van der Waals surface area contributed by atoms with Crippen molar-refractivity contribution in [2.45, 2.75) is 38.5 Å². The molecule has 8 heteroatoms. The maximum Gasteiger partial charge on any atom is 0.295 e. The number of ketones is 1. The second kappa shape index (κ2) is 8.70. The quantitative estimate of drug-likeness (QED) is 0.333. The van der Waals surface area contributed by atoms with E-state index in [4.69, 9.17) is 4.74 Å². The molecule has 3 aromatic rings. The van der Waals surface area contributed by atoms with Crippen LogP contribution in [0, 0.1) is 0 Å². The fraction of sp³-hybridized carbons (Fsp3) is 0.269. The fourth-order valence-electron chi connectivity index (χ4n) is 4.72. The van der Waals surface area contributed by atoms with Gasteiger partial charge in [0.15, 0.2) is 0 Å². The molecule has 174 valence electrons. The molecule has 1 amide bonds. The second-order valence-electron chi connectivity index (χ2n) is 8.70. The van der Waals surface area contributed by atoms with E-state index in [-0.39, 0.29) is 23.2 Å². The topological polar surface area (TPSA) is 105 Å². The molecule has 1 saturated heterocycles. The number of nitrogens with zero attached hydrogens (tertiary/aromatic N) is 3. The Balaban J connectivity index is 1.53. The van der Waals surface area contributed by atoms with Crippen LogP contribution in [-0.2, 0) is 22.6 Å². The van der Waals surface area contributed by atoms with Crippen molar-refractivity contribution in [2.75, 3.05) is 6.54 Å². The molecular formula is C26H25N3O5. The van der Waals surface area contributed by atoms with Crippen LogP contribution < -0.4 is 4.74 Å². The molecule has 0 saturated carbocycles. The molecular weight excluding hydrogens is 434 g/mol. The van der Waals surface area contributed by atoms with Crippen LogP contribution in [0.3, 0.4) is 0 Å². The van der Waals surface area contributed by atoms with Gasteiger partial charge in [0.05, 0.1) is 17.9 Å². The van der Waals surface area contributed by atoms with Gasteiger partial charge in [0.25, 0.3) is 11.7 Å². The Bertz CT molecular complexity index is 1280. The van der Waals surface area contributed by atoms with Crippen molar-refractivity contribution in [3.05, 3.63) is 83.4 Å². The first-order valence-electron chi connectivity index (χ1n) is 11.3. The lowest BCUT2D eigenvalue weighted by molar-refractivity contribution is -0.139. The Kier molecular flexibility index (Phi) is 5.57. The number of aliphatic hydroxyl groups is 1. The maximum absolute atomic E-state index is 13.2. The van der Waals surface area contributed by atoms with Gasteiger partial charge in [-0.2, -0.15) is 0 Å². The van der Waals surface area contributed by atoms with Gasteiger partial charge in [-0.15, -0.1) is 0 Å². The number of hydrogen-bond acceptors (Lipinski definition) is 6. The molecule has 0 spiro atoms. The zero-order chi connectivity index (χ0) is 23.8. The maximum atomic E-state index is 13.2. The summed E-state index contributed by atoms with van der Waals surface area (Å²) in [7, 11) is 0. The number of fused-ring (bicyclic) bond motifs is 1. The SMILES string of the molecule is CC1Cc2cc(C(O)=C3C(=O)C(=O)N(CCCn4ccnc4)C3c3cccc(O)c3)ccc2O1. The van der Waals surface area contributed by atoms with Crippen LogP contribution in [0.5, 0.6) is 11.5 Å². The number of likely N-dealkylation sites (tertiary alicyclic amines) is 1. The third-order valence-corrected chi connectivity index (χ3v) is 6.27. The largest absolute Gasteiger partial charge is 0.508 e. The van der Waals surface area contributed by atoms with E-state index in [1.165, 1.54) is 17.0 Å². The van der Waals surface area contributed by atoms with Crippen LogP contribution >= 0.6 is 0 Å². The van der Waals surface area contributed by atoms with Gasteiger partial charge in [-0.3, -0.25) is 9.59 Å². The Morgan fingerprint density at radius 3 is 2.79 bits per heavy atom. The van der Waals surface area contributed by atoms with E-state index < -0.39 is 17.7 Å². The molecule has 5 rings (SSSR count). The predicted octanol–water partition coefficient (Wildman–Crippen LogP) is 3.42. The van der Waals surface area contributed by atoms with Crippen molar-refractivity contribution >= 4 is 17.4 Å². The normalized spacial score (nSPS) is 21.0. The van der Waals surface area contributed by atoms with Gasteiger partial charge in [0.2, 0.25) is 0 Å².